The smallest absolute Gasteiger partial charge is 0.315 e. The maximum Gasteiger partial charge on any atom is 0.315 e. The first-order valence-electron chi connectivity index (χ1n) is 6.85. The molecule has 0 aromatic rings. The van der Waals surface area contributed by atoms with Crippen LogP contribution in [0.5, 0.6) is 0 Å². The molecule has 3 N–H and O–H groups in total. The van der Waals surface area contributed by atoms with Crippen LogP contribution in [-0.4, -0.2) is 41.8 Å². The van der Waals surface area contributed by atoms with Gasteiger partial charge in [-0.05, 0) is 38.4 Å². The van der Waals surface area contributed by atoms with Crippen molar-refractivity contribution in [3.63, 3.8) is 0 Å². The minimum atomic E-state index is -0.0681. The zero-order chi connectivity index (χ0) is 13.0. The molecule has 0 aliphatic heterocycles. The first-order valence-corrected chi connectivity index (χ1v) is 8.14. The van der Waals surface area contributed by atoms with Gasteiger partial charge in [0.15, 0.2) is 0 Å². The fraction of sp³-hybridized carbons (Fsp3) is 0.923. The number of rotatable bonds is 5. The summed E-state index contributed by atoms with van der Waals surface area (Å²) < 4.78 is 0. The molecule has 2 rings (SSSR count). The van der Waals surface area contributed by atoms with Crippen LogP contribution in [0, 0.1) is 5.41 Å². The molecular formula is C13H24N2O2S. The van der Waals surface area contributed by atoms with Crippen LogP contribution in [0.15, 0.2) is 0 Å². The van der Waals surface area contributed by atoms with Gasteiger partial charge in [-0.3, -0.25) is 0 Å². The number of amides is 2. The first-order chi connectivity index (χ1) is 8.67. The third kappa shape index (κ3) is 3.79. The summed E-state index contributed by atoms with van der Waals surface area (Å²) in [6, 6.07) is 0.252. The molecule has 5 heteroatoms. The topological polar surface area (TPSA) is 61.4 Å². The molecule has 2 aliphatic carbocycles. The van der Waals surface area contributed by atoms with E-state index in [1.54, 1.807) is 0 Å². The molecule has 4 nitrogen and oxygen atoms in total. The van der Waals surface area contributed by atoms with E-state index in [9.17, 15) is 9.90 Å². The maximum atomic E-state index is 11.8. The average Bonchev–Trinajstić information content (AvgIpc) is 3.17. The molecule has 0 heterocycles. The van der Waals surface area contributed by atoms with Crippen LogP contribution >= 0.6 is 11.8 Å². The lowest BCUT2D eigenvalue weighted by atomic mass is 9.95. The highest BCUT2D eigenvalue weighted by Crippen LogP contribution is 2.44. The second-order valence-electron chi connectivity index (χ2n) is 5.71. The SMILES string of the molecule is CSC1CCCC(NC(=O)NCC2(CO)CC2)C1. The van der Waals surface area contributed by atoms with Gasteiger partial charge in [0.2, 0.25) is 0 Å². The molecule has 0 aromatic heterocycles. The Bertz CT molecular complexity index is 295. The number of aliphatic hydroxyl groups is 1. The van der Waals surface area contributed by atoms with E-state index in [0.717, 1.165) is 25.7 Å². The summed E-state index contributed by atoms with van der Waals surface area (Å²) in [6.07, 6.45) is 8.86. The molecule has 0 bridgehead atoms. The molecule has 2 atom stereocenters. The Labute approximate surface area is 113 Å². The lowest BCUT2D eigenvalue weighted by molar-refractivity contribution is 0.201. The summed E-state index contributed by atoms with van der Waals surface area (Å²) in [4.78, 5) is 11.8. The Morgan fingerprint density at radius 3 is 2.83 bits per heavy atom. The highest BCUT2D eigenvalue weighted by atomic mass is 32.2. The fourth-order valence-electron chi connectivity index (χ4n) is 2.56. The molecule has 0 aromatic carbocycles. The normalized spacial score (nSPS) is 29.7. The van der Waals surface area contributed by atoms with Crippen molar-refractivity contribution in [2.45, 2.75) is 49.8 Å². The quantitative estimate of drug-likeness (QED) is 0.714. The van der Waals surface area contributed by atoms with Gasteiger partial charge in [0.05, 0.1) is 6.61 Å². The molecule has 18 heavy (non-hydrogen) atoms. The van der Waals surface area contributed by atoms with Gasteiger partial charge in [-0.25, -0.2) is 4.79 Å². The highest BCUT2D eigenvalue weighted by Gasteiger charge is 2.42. The number of urea groups is 1. The number of aliphatic hydroxyl groups excluding tert-OH is 1. The van der Waals surface area contributed by atoms with Crippen LogP contribution < -0.4 is 10.6 Å². The second-order valence-corrected chi connectivity index (χ2v) is 6.84. The number of nitrogens with one attached hydrogen (secondary N) is 2. The number of hydrogen-bond donors (Lipinski definition) is 3. The number of carbonyl (C=O) groups excluding carboxylic acids is 1. The van der Waals surface area contributed by atoms with E-state index in [2.05, 4.69) is 16.9 Å². The molecule has 2 amide bonds. The van der Waals surface area contributed by atoms with Crippen molar-refractivity contribution in [1.29, 1.82) is 0 Å². The van der Waals surface area contributed by atoms with E-state index in [0.29, 0.717) is 17.8 Å². The van der Waals surface area contributed by atoms with E-state index in [-0.39, 0.29) is 18.1 Å². The molecule has 2 aliphatic rings. The van der Waals surface area contributed by atoms with E-state index >= 15 is 0 Å². The summed E-state index contributed by atoms with van der Waals surface area (Å²) in [5, 5.41) is 15.8. The summed E-state index contributed by atoms with van der Waals surface area (Å²) in [6.45, 7) is 0.791. The number of carbonyl (C=O) groups is 1. The van der Waals surface area contributed by atoms with Gasteiger partial charge < -0.3 is 15.7 Å². The van der Waals surface area contributed by atoms with Crippen molar-refractivity contribution in [3.8, 4) is 0 Å². The summed E-state index contributed by atoms with van der Waals surface area (Å²) >= 11 is 1.90. The van der Waals surface area contributed by atoms with Crippen molar-refractivity contribution in [1.82, 2.24) is 10.6 Å². The standard InChI is InChI=1S/C13H24N2O2S/c1-18-11-4-2-3-10(7-11)15-12(17)14-8-13(9-16)5-6-13/h10-11,16H,2-9H2,1H3,(H2,14,15,17). The summed E-state index contributed by atoms with van der Waals surface area (Å²) in [5.41, 5.74) is -0.00822. The molecular weight excluding hydrogens is 248 g/mol. The Hall–Kier alpha value is -0.420. The van der Waals surface area contributed by atoms with Gasteiger partial charge in [0, 0.05) is 23.3 Å². The van der Waals surface area contributed by atoms with Gasteiger partial charge in [0.1, 0.15) is 0 Å². The van der Waals surface area contributed by atoms with Crippen LogP contribution in [0.4, 0.5) is 4.79 Å². The predicted octanol–water partition coefficient (Wildman–Crippen LogP) is 1.73. The molecule has 0 spiro atoms. The molecule has 0 saturated heterocycles. The van der Waals surface area contributed by atoms with Crippen molar-refractivity contribution >= 4 is 17.8 Å². The predicted molar refractivity (Wildman–Crippen MR) is 74.8 cm³/mol. The Morgan fingerprint density at radius 1 is 1.44 bits per heavy atom. The lowest BCUT2D eigenvalue weighted by Gasteiger charge is -2.28. The van der Waals surface area contributed by atoms with E-state index in [1.165, 1.54) is 12.8 Å². The third-order valence-electron chi connectivity index (χ3n) is 4.21. The monoisotopic (exact) mass is 272 g/mol. The van der Waals surface area contributed by atoms with Crippen LogP contribution in [-0.2, 0) is 0 Å². The Morgan fingerprint density at radius 2 is 2.22 bits per heavy atom. The second kappa shape index (κ2) is 6.15. The summed E-state index contributed by atoms with van der Waals surface area (Å²) in [5.74, 6) is 0. The third-order valence-corrected chi connectivity index (χ3v) is 5.31. The summed E-state index contributed by atoms with van der Waals surface area (Å²) in [7, 11) is 0. The minimum Gasteiger partial charge on any atom is -0.396 e. The van der Waals surface area contributed by atoms with Crippen LogP contribution in [0.2, 0.25) is 0 Å². The largest absolute Gasteiger partial charge is 0.396 e. The Kier molecular flexibility index (Phi) is 4.78. The molecule has 104 valence electrons. The molecule has 2 fully saturated rings. The molecule has 2 unspecified atom stereocenters. The van der Waals surface area contributed by atoms with Crippen LogP contribution in [0.1, 0.15) is 38.5 Å². The zero-order valence-electron chi connectivity index (χ0n) is 11.1. The van der Waals surface area contributed by atoms with E-state index in [1.807, 2.05) is 11.8 Å². The lowest BCUT2D eigenvalue weighted by Crippen LogP contribution is -2.46. The van der Waals surface area contributed by atoms with Crippen molar-refractivity contribution < 1.29 is 9.90 Å². The van der Waals surface area contributed by atoms with E-state index < -0.39 is 0 Å². The number of hydrogen-bond acceptors (Lipinski definition) is 3. The number of thioether (sulfide) groups is 1. The molecule has 2 saturated carbocycles. The first kappa shape index (κ1) is 14.0. The van der Waals surface area contributed by atoms with Gasteiger partial charge in [-0.1, -0.05) is 6.42 Å². The van der Waals surface area contributed by atoms with Gasteiger partial charge >= 0.3 is 6.03 Å². The van der Waals surface area contributed by atoms with E-state index in [4.69, 9.17) is 0 Å². The van der Waals surface area contributed by atoms with Gasteiger partial charge in [-0.2, -0.15) is 11.8 Å². The van der Waals surface area contributed by atoms with Crippen molar-refractivity contribution in [3.05, 3.63) is 0 Å². The van der Waals surface area contributed by atoms with Crippen molar-refractivity contribution in [2.75, 3.05) is 19.4 Å². The van der Waals surface area contributed by atoms with Crippen LogP contribution in [0.25, 0.3) is 0 Å². The average molecular weight is 272 g/mol. The van der Waals surface area contributed by atoms with Crippen molar-refractivity contribution in [2.24, 2.45) is 5.41 Å². The minimum absolute atomic E-state index is 0.00822. The van der Waals surface area contributed by atoms with Gasteiger partial charge in [-0.15, -0.1) is 0 Å². The van der Waals surface area contributed by atoms with Crippen LogP contribution in [0.3, 0.4) is 0 Å². The van der Waals surface area contributed by atoms with Gasteiger partial charge in [0.25, 0.3) is 0 Å². The zero-order valence-corrected chi connectivity index (χ0v) is 11.9. The fourth-order valence-corrected chi connectivity index (χ4v) is 3.39. The Balaban J connectivity index is 1.67. The molecule has 0 radical (unpaired) electrons. The maximum absolute atomic E-state index is 11.8. The highest BCUT2D eigenvalue weighted by molar-refractivity contribution is 7.99.